The lowest BCUT2D eigenvalue weighted by atomic mass is 10.0. The lowest BCUT2D eigenvalue weighted by Gasteiger charge is -2.25. The zero-order chi connectivity index (χ0) is 22.4. The number of rotatable bonds is 6. The zero-order valence-electron chi connectivity index (χ0n) is 17.0. The number of aromatic amines is 1. The molecule has 10 heteroatoms. The summed E-state index contributed by atoms with van der Waals surface area (Å²) in [5, 5.41) is 1.26. The van der Waals surface area contributed by atoms with Crippen LogP contribution < -0.4 is 4.74 Å². The minimum atomic E-state index is -5.84. The highest BCUT2D eigenvalue weighted by Crippen LogP contribution is 2.28. The van der Waals surface area contributed by atoms with E-state index in [1.54, 1.807) is 0 Å². The molecule has 2 heterocycles. The second kappa shape index (κ2) is 10.3. The second-order valence-electron chi connectivity index (χ2n) is 6.92. The molecular weight excluding hydrogens is 421 g/mol. The van der Waals surface area contributed by atoms with E-state index in [1.165, 1.54) is 42.6 Å². The maximum absolute atomic E-state index is 10.7. The third-order valence-electron chi connectivity index (χ3n) is 4.66. The fourth-order valence-electron chi connectivity index (χ4n) is 3.08. The van der Waals surface area contributed by atoms with Gasteiger partial charge in [-0.05, 0) is 50.1 Å². The van der Waals surface area contributed by atoms with E-state index in [9.17, 15) is 13.2 Å². The van der Waals surface area contributed by atoms with Crippen LogP contribution in [0.4, 0.5) is 13.2 Å². The summed E-state index contributed by atoms with van der Waals surface area (Å²) < 4.78 is 63.1. The average molecular weight is 449 g/mol. The van der Waals surface area contributed by atoms with Crippen molar-refractivity contribution < 1.29 is 30.9 Å². The summed E-state index contributed by atoms with van der Waals surface area (Å²) in [6, 6.07) is 8.54. The van der Waals surface area contributed by atoms with Gasteiger partial charge in [0.2, 0.25) is 0 Å². The highest BCUT2D eigenvalue weighted by atomic mass is 32.2. The molecular formula is C20H27F3N2O4S. The summed E-state index contributed by atoms with van der Waals surface area (Å²) in [4.78, 5) is 6.10. The minimum Gasteiger partial charge on any atom is -0.494 e. The van der Waals surface area contributed by atoms with E-state index in [2.05, 4.69) is 41.1 Å². The van der Waals surface area contributed by atoms with E-state index in [1.807, 2.05) is 13.0 Å². The summed E-state index contributed by atoms with van der Waals surface area (Å²) in [6.45, 7) is 8.45. The van der Waals surface area contributed by atoms with Crippen LogP contribution >= 0.6 is 0 Å². The van der Waals surface area contributed by atoms with Gasteiger partial charge >= 0.3 is 15.6 Å². The van der Waals surface area contributed by atoms with Gasteiger partial charge in [-0.2, -0.15) is 21.6 Å². The first-order valence-corrected chi connectivity index (χ1v) is 11.2. The molecule has 168 valence electrons. The van der Waals surface area contributed by atoms with Crippen LogP contribution in [-0.4, -0.2) is 54.6 Å². The molecule has 0 amide bonds. The first-order chi connectivity index (χ1) is 14.0. The number of hydrogen-bond donors (Lipinski definition) is 2. The second-order valence-corrected chi connectivity index (χ2v) is 8.33. The Balaban J connectivity index is 0.000000343. The molecule has 6 nitrogen and oxygen atoms in total. The largest absolute Gasteiger partial charge is 0.522 e. The first-order valence-electron chi connectivity index (χ1n) is 9.76. The van der Waals surface area contributed by atoms with Crippen molar-refractivity contribution in [2.24, 2.45) is 0 Å². The SMILES string of the molecule is CCCCN1CC=C(c2cc3ccc(OCC)cc3[nH]2)CC1.O=S(=O)(O)C(F)(F)F. The molecule has 3 rings (SSSR count). The normalized spacial score (nSPS) is 15.5. The molecule has 1 aromatic carbocycles. The van der Waals surface area contributed by atoms with Crippen molar-refractivity contribution >= 4 is 26.6 Å². The number of aromatic nitrogens is 1. The van der Waals surface area contributed by atoms with Crippen molar-refractivity contribution in [2.75, 3.05) is 26.2 Å². The monoisotopic (exact) mass is 448 g/mol. The maximum atomic E-state index is 10.7. The highest BCUT2D eigenvalue weighted by Gasteiger charge is 2.44. The number of hydrogen-bond acceptors (Lipinski definition) is 4. The Morgan fingerprint density at radius 3 is 2.47 bits per heavy atom. The Hall–Kier alpha value is -2.04. The predicted molar refractivity (Wildman–Crippen MR) is 111 cm³/mol. The Bertz CT molecular complexity index is 968. The van der Waals surface area contributed by atoms with Crippen LogP contribution in [0, 0.1) is 0 Å². The molecule has 0 saturated heterocycles. The number of nitrogens with one attached hydrogen (secondary N) is 1. The third kappa shape index (κ3) is 6.75. The number of alkyl halides is 3. The van der Waals surface area contributed by atoms with E-state index >= 15 is 0 Å². The summed E-state index contributed by atoms with van der Waals surface area (Å²) >= 11 is 0. The van der Waals surface area contributed by atoms with Gasteiger partial charge in [-0.3, -0.25) is 9.45 Å². The van der Waals surface area contributed by atoms with Crippen molar-refractivity contribution in [3.8, 4) is 5.75 Å². The van der Waals surface area contributed by atoms with Crippen molar-refractivity contribution in [3.63, 3.8) is 0 Å². The lowest BCUT2D eigenvalue weighted by molar-refractivity contribution is -0.0510. The third-order valence-corrected chi connectivity index (χ3v) is 5.25. The van der Waals surface area contributed by atoms with Crippen LogP contribution in [0.3, 0.4) is 0 Å². The molecule has 0 bridgehead atoms. The fourth-order valence-corrected chi connectivity index (χ4v) is 3.08. The molecule has 0 fully saturated rings. The van der Waals surface area contributed by atoms with Crippen molar-refractivity contribution in [2.45, 2.75) is 38.6 Å². The molecule has 30 heavy (non-hydrogen) atoms. The molecule has 0 atom stereocenters. The minimum absolute atomic E-state index is 0.706. The summed E-state index contributed by atoms with van der Waals surface area (Å²) in [6.07, 6.45) is 6.09. The molecule has 0 radical (unpaired) electrons. The number of fused-ring (bicyclic) bond motifs is 1. The molecule has 0 unspecified atom stereocenters. The Morgan fingerprint density at radius 1 is 1.23 bits per heavy atom. The van der Waals surface area contributed by atoms with Crippen LogP contribution in [0.15, 0.2) is 30.3 Å². The van der Waals surface area contributed by atoms with Gasteiger partial charge in [-0.1, -0.05) is 19.4 Å². The van der Waals surface area contributed by atoms with Crippen LogP contribution in [0.1, 0.15) is 38.8 Å². The average Bonchev–Trinajstić information content (AvgIpc) is 3.09. The van der Waals surface area contributed by atoms with Gasteiger partial charge in [-0.15, -0.1) is 0 Å². The molecule has 2 N–H and O–H groups in total. The molecule has 1 aliphatic rings. The predicted octanol–water partition coefficient (Wildman–Crippen LogP) is 4.85. The lowest BCUT2D eigenvalue weighted by Crippen LogP contribution is -2.29. The standard InChI is InChI=1S/C19H26N2O.CHF3O3S/c1-3-5-10-21-11-8-15(9-12-21)18-13-16-6-7-17(22-4-2)14-19(16)20-18;2-1(3,4)8(5,6)7/h6-8,13-14,20H,3-5,9-12H2,1-2H3;(H,5,6,7). The van der Waals surface area contributed by atoms with Crippen LogP contribution in [-0.2, 0) is 10.1 Å². The summed E-state index contributed by atoms with van der Waals surface area (Å²) in [5.74, 6) is 0.937. The van der Waals surface area contributed by atoms with Crippen LogP contribution in [0.5, 0.6) is 5.75 Å². The zero-order valence-corrected chi connectivity index (χ0v) is 17.8. The molecule has 0 spiro atoms. The molecule has 0 saturated carbocycles. The van der Waals surface area contributed by atoms with Gasteiger partial charge in [0.1, 0.15) is 5.75 Å². The number of H-pyrrole nitrogens is 1. The van der Waals surface area contributed by atoms with Crippen LogP contribution in [0.2, 0.25) is 0 Å². The van der Waals surface area contributed by atoms with Gasteiger partial charge in [-0.25, -0.2) is 0 Å². The van der Waals surface area contributed by atoms with E-state index in [-0.39, 0.29) is 0 Å². The van der Waals surface area contributed by atoms with Gasteiger partial charge in [0.05, 0.1) is 6.61 Å². The van der Waals surface area contributed by atoms with E-state index in [0.29, 0.717) is 6.61 Å². The van der Waals surface area contributed by atoms with E-state index in [0.717, 1.165) is 24.2 Å². The van der Waals surface area contributed by atoms with Crippen molar-refractivity contribution in [1.29, 1.82) is 0 Å². The Morgan fingerprint density at radius 2 is 1.93 bits per heavy atom. The van der Waals surface area contributed by atoms with E-state index in [4.69, 9.17) is 17.7 Å². The Labute approximate surface area is 174 Å². The van der Waals surface area contributed by atoms with Gasteiger partial charge in [0, 0.05) is 35.8 Å². The quantitative estimate of drug-likeness (QED) is 0.488. The molecule has 1 aliphatic heterocycles. The molecule has 2 aromatic rings. The number of ether oxygens (including phenoxy) is 1. The highest BCUT2D eigenvalue weighted by molar-refractivity contribution is 7.86. The van der Waals surface area contributed by atoms with Gasteiger partial charge in [0.25, 0.3) is 0 Å². The van der Waals surface area contributed by atoms with Crippen LogP contribution in [0.25, 0.3) is 16.5 Å². The first kappa shape index (κ1) is 24.2. The fraction of sp³-hybridized carbons (Fsp3) is 0.500. The van der Waals surface area contributed by atoms with Gasteiger partial charge < -0.3 is 9.72 Å². The summed E-state index contributed by atoms with van der Waals surface area (Å²) in [7, 11) is -5.84. The summed E-state index contributed by atoms with van der Waals surface area (Å²) in [5.41, 5.74) is -1.66. The maximum Gasteiger partial charge on any atom is 0.522 e. The number of unbranched alkanes of at least 4 members (excludes halogenated alkanes) is 1. The van der Waals surface area contributed by atoms with Gasteiger partial charge in [0.15, 0.2) is 0 Å². The molecule has 0 aliphatic carbocycles. The number of benzene rings is 1. The smallest absolute Gasteiger partial charge is 0.494 e. The Kier molecular flexibility index (Phi) is 8.34. The van der Waals surface area contributed by atoms with E-state index < -0.39 is 15.6 Å². The topological polar surface area (TPSA) is 82.6 Å². The molecule has 1 aromatic heterocycles. The van der Waals surface area contributed by atoms with Crippen molar-refractivity contribution in [3.05, 3.63) is 36.0 Å². The number of nitrogens with zero attached hydrogens (tertiary/aromatic N) is 1. The number of halogens is 3. The van der Waals surface area contributed by atoms with Crippen molar-refractivity contribution in [1.82, 2.24) is 9.88 Å².